The molecule has 0 unspecified atom stereocenters. The minimum absolute atomic E-state index is 0.0595. The van der Waals surface area contributed by atoms with Crippen LogP contribution in [0.1, 0.15) is 38.2 Å². The number of piperidine rings is 1. The van der Waals surface area contributed by atoms with Gasteiger partial charge in [0.25, 0.3) is 0 Å². The zero-order chi connectivity index (χ0) is 17.6. The number of fused-ring (bicyclic) bond motifs is 1. The van der Waals surface area contributed by atoms with Gasteiger partial charge in [0.2, 0.25) is 11.8 Å². The van der Waals surface area contributed by atoms with Gasteiger partial charge < -0.3 is 15.2 Å². The number of likely N-dealkylation sites (tertiary alicyclic amines) is 1. The number of nitrogens with one attached hydrogen (secondary N) is 2. The summed E-state index contributed by atoms with van der Waals surface area (Å²) in [5.74, 6) is 0.398. The third kappa shape index (κ3) is 4.21. The van der Waals surface area contributed by atoms with Crippen molar-refractivity contribution >= 4 is 22.7 Å². The Labute approximate surface area is 148 Å². The van der Waals surface area contributed by atoms with Gasteiger partial charge in [-0.15, -0.1) is 0 Å². The summed E-state index contributed by atoms with van der Waals surface area (Å²) in [5.41, 5.74) is 2.31. The first kappa shape index (κ1) is 17.5. The van der Waals surface area contributed by atoms with E-state index in [1.54, 1.807) is 0 Å². The highest BCUT2D eigenvalue weighted by atomic mass is 16.2. The molecule has 0 atom stereocenters. The maximum absolute atomic E-state index is 12.5. The van der Waals surface area contributed by atoms with E-state index in [4.69, 9.17) is 0 Å². The van der Waals surface area contributed by atoms with E-state index in [9.17, 15) is 9.59 Å². The first-order chi connectivity index (χ1) is 12.2. The summed E-state index contributed by atoms with van der Waals surface area (Å²) in [4.78, 5) is 29.7. The summed E-state index contributed by atoms with van der Waals surface area (Å²) in [6.45, 7) is 4.17. The molecule has 3 rings (SSSR count). The van der Waals surface area contributed by atoms with Gasteiger partial charge in [-0.1, -0.05) is 25.1 Å². The largest absolute Gasteiger partial charge is 0.361 e. The number of aryl methyl sites for hydroxylation is 1. The Morgan fingerprint density at radius 2 is 2.00 bits per heavy atom. The van der Waals surface area contributed by atoms with Gasteiger partial charge in [0.05, 0.1) is 0 Å². The van der Waals surface area contributed by atoms with Crippen LogP contribution in [0.15, 0.2) is 30.5 Å². The predicted octanol–water partition coefficient (Wildman–Crippen LogP) is 2.87. The van der Waals surface area contributed by atoms with Crippen LogP contribution in [0.5, 0.6) is 0 Å². The molecule has 0 radical (unpaired) electrons. The standard InChI is InChI=1S/C20H27N3O2/c1-2-11-21-20(25)15-9-12-23(13-10-15)19(24)8-7-16-14-22-18-6-4-3-5-17(16)18/h3-6,14-15,22H,2,7-13H2,1H3,(H,21,25). The highest BCUT2D eigenvalue weighted by Gasteiger charge is 2.26. The van der Waals surface area contributed by atoms with Crippen LogP contribution in [-0.4, -0.2) is 41.3 Å². The number of rotatable bonds is 6. The van der Waals surface area contributed by atoms with Crippen molar-refractivity contribution in [3.8, 4) is 0 Å². The van der Waals surface area contributed by atoms with Crippen LogP contribution >= 0.6 is 0 Å². The second kappa shape index (κ2) is 8.19. The summed E-state index contributed by atoms with van der Waals surface area (Å²) in [5, 5.41) is 4.16. The van der Waals surface area contributed by atoms with E-state index in [0.29, 0.717) is 19.5 Å². The molecular formula is C20H27N3O2. The number of benzene rings is 1. The lowest BCUT2D eigenvalue weighted by Crippen LogP contribution is -2.43. The second-order valence-corrected chi connectivity index (χ2v) is 6.81. The molecule has 5 heteroatoms. The Morgan fingerprint density at radius 1 is 1.24 bits per heavy atom. The maximum atomic E-state index is 12.5. The van der Waals surface area contributed by atoms with Crippen LogP contribution in [0.25, 0.3) is 10.9 Å². The lowest BCUT2D eigenvalue weighted by atomic mass is 9.95. The molecule has 0 spiro atoms. The average Bonchev–Trinajstić information content (AvgIpc) is 3.07. The summed E-state index contributed by atoms with van der Waals surface area (Å²) in [7, 11) is 0. The summed E-state index contributed by atoms with van der Waals surface area (Å²) in [6, 6.07) is 8.17. The quantitative estimate of drug-likeness (QED) is 0.848. The summed E-state index contributed by atoms with van der Waals surface area (Å²) in [6.07, 6.45) is 5.77. The number of hydrogen-bond donors (Lipinski definition) is 2. The van der Waals surface area contributed by atoms with Gasteiger partial charge >= 0.3 is 0 Å². The molecule has 1 aliphatic rings. The van der Waals surface area contributed by atoms with Crippen LogP contribution in [0.3, 0.4) is 0 Å². The monoisotopic (exact) mass is 341 g/mol. The van der Waals surface area contributed by atoms with Crippen LogP contribution < -0.4 is 5.32 Å². The van der Waals surface area contributed by atoms with Gasteiger partial charge in [-0.3, -0.25) is 9.59 Å². The van der Waals surface area contributed by atoms with Crippen molar-refractivity contribution in [1.82, 2.24) is 15.2 Å². The zero-order valence-electron chi connectivity index (χ0n) is 14.9. The van der Waals surface area contributed by atoms with Gasteiger partial charge in [-0.25, -0.2) is 0 Å². The van der Waals surface area contributed by atoms with E-state index in [1.165, 1.54) is 10.9 Å². The fourth-order valence-electron chi connectivity index (χ4n) is 3.52. The van der Waals surface area contributed by atoms with Crippen LogP contribution in [-0.2, 0) is 16.0 Å². The van der Waals surface area contributed by atoms with E-state index in [-0.39, 0.29) is 17.7 Å². The van der Waals surface area contributed by atoms with Gasteiger partial charge in [0, 0.05) is 49.1 Å². The number of carbonyl (C=O) groups excluding carboxylic acids is 2. The molecule has 2 heterocycles. The minimum atomic E-state index is 0.0595. The predicted molar refractivity (Wildman–Crippen MR) is 99.2 cm³/mol. The topological polar surface area (TPSA) is 65.2 Å². The second-order valence-electron chi connectivity index (χ2n) is 6.81. The smallest absolute Gasteiger partial charge is 0.223 e. The Bertz CT molecular complexity index is 729. The molecule has 1 saturated heterocycles. The van der Waals surface area contributed by atoms with Crippen molar-refractivity contribution in [2.24, 2.45) is 5.92 Å². The lowest BCUT2D eigenvalue weighted by Gasteiger charge is -2.31. The molecule has 5 nitrogen and oxygen atoms in total. The molecule has 1 aromatic carbocycles. The van der Waals surface area contributed by atoms with Crippen molar-refractivity contribution < 1.29 is 9.59 Å². The maximum Gasteiger partial charge on any atom is 0.223 e. The third-order valence-electron chi connectivity index (χ3n) is 5.05. The van der Waals surface area contributed by atoms with Crippen molar-refractivity contribution in [3.63, 3.8) is 0 Å². The molecule has 0 bridgehead atoms. The lowest BCUT2D eigenvalue weighted by molar-refractivity contribution is -0.135. The normalized spacial score (nSPS) is 15.5. The van der Waals surface area contributed by atoms with Gasteiger partial charge in [0.1, 0.15) is 0 Å². The summed E-state index contributed by atoms with van der Waals surface area (Å²) < 4.78 is 0. The first-order valence-electron chi connectivity index (χ1n) is 9.29. The minimum Gasteiger partial charge on any atom is -0.361 e. The molecule has 2 aromatic rings. The number of amides is 2. The highest BCUT2D eigenvalue weighted by Crippen LogP contribution is 2.21. The van der Waals surface area contributed by atoms with Crippen molar-refractivity contribution in [1.29, 1.82) is 0 Å². The SMILES string of the molecule is CCCNC(=O)C1CCN(C(=O)CCc2c[nH]c3ccccc23)CC1. The number of aromatic nitrogens is 1. The van der Waals surface area contributed by atoms with E-state index in [0.717, 1.165) is 37.7 Å². The van der Waals surface area contributed by atoms with E-state index >= 15 is 0 Å². The Hall–Kier alpha value is -2.30. The molecule has 1 fully saturated rings. The van der Waals surface area contributed by atoms with Gasteiger partial charge in [-0.2, -0.15) is 0 Å². The molecular weight excluding hydrogens is 314 g/mol. The number of hydrogen-bond acceptors (Lipinski definition) is 2. The molecule has 1 aliphatic heterocycles. The number of H-pyrrole nitrogens is 1. The number of carbonyl (C=O) groups is 2. The Kier molecular flexibility index (Phi) is 5.74. The van der Waals surface area contributed by atoms with E-state index in [1.807, 2.05) is 23.2 Å². The summed E-state index contributed by atoms with van der Waals surface area (Å²) >= 11 is 0. The third-order valence-corrected chi connectivity index (χ3v) is 5.05. The Balaban J connectivity index is 1.47. The highest BCUT2D eigenvalue weighted by molar-refractivity contribution is 5.84. The zero-order valence-corrected chi connectivity index (χ0v) is 14.9. The van der Waals surface area contributed by atoms with Gasteiger partial charge in [0.15, 0.2) is 0 Å². The molecule has 2 N–H and O–H groups in total. The van der Waals surface area contributed by atoms with Crippen LogP contribution in [0.2, 0.25) is 0 Å². The molecule has 0 saturated carbocycles. The molecule has 0 aliphatic carbocycles. The molecule has 25 heavy (non-hydrogen) atoms. The number of aromatic amines is 1. The number of para-hydroxylation sites is 1. The van der Waals surface area contributed by atoms with Crippen LogP contribution in [0.4, 0.5) is 0 Å². The molecule has 2 amide bonds. The fraction of sp³-hybridized carbons (Fsp3) is 0.500. The average molecular weight is 341 g/mol. The first-order valence-corrected chi connectivity index (χ1v) is 9.29. The van der Waals surface area contributed by atoms with E-state index < -0.39 is 0 Å². The van der Waals surface area contributed by atoms with Crippen molar-refractivity contribution in [2.45, 2.75) is 39.0 Å². The Morgan fingerprint density at radius 3 is 2.76 bits per heavy atom. The van der Waals surface area contributed by atoms with E-state index in [2.05, 4.69) is 29.4 Å². The molecule has 1 aromatic heterocycles. The van der Waals surface area contributed by atoms with Crippen LogP contribution in [0, 0.1) is 5.92 Å². The molecule has 134 valence electrons. The number of nitrogens with zero attached hydrogens (tertiary/aromatic N) is 1. The fourth-order valence-corrected chi connectivity index (χ4v) is 3.52. The van der Waals surface area contributed by atoms with Crippen molar-refractivity contribution in [2.75, 3.05) is 19.6 Å². The van der Waals surface area contributed by atoms with Gasteiger partial charge in [-0.05, 0) is 37.3 Å². The van der Waals surface area contributed by atoms with Crippen molar-refractivity contribution in [3.05, 3.63) is 36.0 Å².